The molecule has 0 saturated heterocycles. The molecular formula is C19H24N2O4S. The van der Waals surface area contributed by atoms with Crippen LogP contribution in [0.25, 0.3) is 0 Å². The highest BCUT2D eigenvalue weighted by atomic mass is 32.1. The van der Waals surface area contributed by atoms with E-state index in [1.165, 1.54) is 0 Å². The molecule has 0 unspecified atom stereocenters. The SMILES string of the molecule is Cc1nc(COc2ccccc2C(=O)OCC(=O)NCCC(C)C)cs1. The molecule has 0 spiro atoms. The van der Waals surface area contributed by atoms with E-state index in [4.69, 9.17) is 9.47 Å². The predicted molar refractivity (Wildman–Crippen MR) is 100 cm³/mol. The molecule has 0 bridgehead atoms. The molecule has 0 saturated carbocycles. The van der Waals surface area contributed by atoms with Crippen LogP contribution in [0.1, 0.15) is 41.3 Å². The van der Waals surface area contributed by atoms with E-state index in [-0.39, 0.29) is 24.7 Å². The monoisotopic (exact) mass is 376 g/mol. The van der Waals surface area contributed by atoms with Gasteiger partial charge >= 0.3 is 5.97 Å². The lowest BCUT2D eigenvalue weighted by atomic mass is 10.1. The van der Waals surface area contributed by atoms with Crippen LogP contribution in [-0.2, 0) is 16.1 Å². The Labute approximate surface area is 157 Å². The number of hydrogen-bond donors (Lipinski definition) is 1. The maximum Gasteiger partial charge on any atom is 0.342 e. The van der Waals surface area contributed by atoms with Gasteiger partial charge in [0.2, 0.25) is 0 Å². The Morgan fingerprint density at radius 2 is 2.04 bits per heavy atom. The van der Waals surface area contributed by atoms with Crippen molar-refractivity contribution in [1.82, 2.24) is 10.3 Å². The molecule has 140 valence electrons. The minimum atomic E-state index is -0.589. The molecule has 1 aromatic heterocycles. The molecule has 1 heterocycles. The molecule has 6 nitrogen and oxygen atoms in total. The van der Waals surface area contributed by atoms with E-state index in [1.807, 2.05) is 12.3 Å². The van der Waals surface area contributed by atoms with Gasteiger partial charge in [0.05, 0.1) is 10.7 Å². The van der Waals surface area contributed by atoms with E-state index in [1.54, 1.807) is 35.6 Å². The summed E-state index contributed by atoms with van der Waals surface area (Å²) in [6, 6.07) is 6.80. The minimum absolute atomic E-state index is 0.268. The third-order valence-electron chi connectivity index (χ3n) is 3.53. The van der Waals surface area contributed by atoms with Crippen molar-refractivity contribution >= 4 is 23.2 Å². The number of hydrogen-bond acceptors (Lipinski definition) is 6. The Kier molecular flexibility index (Phi) is 7.59. The van der Waals surface area contributed by atoms with Gasteiger partial charge in [-0.15, -0.1) is 11.3 Å². The molecule has 0 aliphatic carbocycles. The first-order chi connectivity index (χ1) is 12.5. The van der Waals surface area contributed by atoms with Gasteiger partial charge in [-0.3, -0.25) is 4.79 Å². The van der Waals surface area contributed by atoms with Crippen LogP contribution < -0.4 is 10.1 Å². The van der Waals surface area contributed by atoms with Crippen LogP contribution in [0.15, 0.2) is 29.6 Å². The minimum Gasteiger partial charge on any atom is -0.486 e. The van der Waals surface area contributed by atoms with Gasteiger partial charge in [-0.2, -0.15) is 0 Å². The lowest BCUT2D eigenvalue weighted by molar-refractivity contribution is -0.124. The number of carbonyl (C=O) groups is 2. The van der Waals surface area contributed by atoms with Crippen LogP contribution in [0.4, 0.5) is 0 Å². The first-order valence-corrected chi connectivity index (χ1v) is 9.40. The Morgan fingerprint density at radius 1 is 1.27 bits per heavy atom. The Hall–Kier alpha value is -2.41. The summed E-state index contributed by atoms with van der Waals surface area (Å²) in [6.45, 7) is 6.61. The van der Waals surface area contributed by atoms with Gasteiger partial charge in [-0.1, -0.05) is 26.0 Å². The van der Waals surface area contributed by atoms with Crippen LogP contribution >= 0.6 is 11.3 Å². The fourth-order valence-electron chi connectivity index (χ4n) is 2.15. The molecule has 0 radical (unpaired) electrons. The number of carbonyl (C=O) groups excluding carboxylic acids is 2. The fraction of sp³-hybridized carbons (Fsp3) is 0.421. The maximum atomic E-state index is 12.3. The quantitative estimate of drug-likeness (QED) is 0.679. The maximum absolute atomic E-state index is 12.3. The average Bonchev–Trinajstić information content (AvgIpc) is 3.03. The molecule has 7 heteroatoms. The topological polar surface area (TPSA) is 77.5 Å². The molecule has 26 heavy (non-hydrogen) atoms. The normalized spacial score (nSPS) is 10.6. The fourth-order valence-corrected chi connectivity index (χ4v) is 2.74. The van der Waals surface area contributed by atoms with Gasteiger partial charge in [0, 0.05) is 11.9 Å². The molecule has 0 aliphatic rings. The second kappa shape index (κ2) is 9.91. The average molecular weight is 376 g/mol. The molecule has 1 amide bonds. The second-order valence-electron chi connectivity index (χ2n) is 6.25. The number of aryl methyl sites for hydroxylation is 1. The van der Waals surface area contributed by atoms with E-state index < -0.39 is 5.97 Å². The number of ether oxygens (including phenoxy) is 2. The van der Waals surface area contributed by atoms with Crippen molar-refractivity contribution < 1.29 is 19.1 Å². The molecule has 1 aromatic carbocycles. The number of nitrogens with zero attached hydrogens (tertiary/aromatic N) is 1. The zero-order chi connectivity index (χ0) is 18.9. The number of amides is 1. The van der Waals surface area contributed by atoms with Gasteiger partial charge in [0.1, 0.15) is 17.9 Å². The standard InChI is InChI=1S/C19H24N2O4S/c1-13(2)8-9-20-18(22)11-25-19(23)16-6-4-5-7-17(16)24-10-15-12-26-14(3)21-15/h4-7,12-13H,8-11H2,1-3H3,(H,20,22). The highest BCUT2D eigenvalue weighted by Crippen LogP contribution is 2.20. The summed E-state index contributed by atoms with van der Waals surface area (Å²) in [5, 5.41) is 5.60. The number of benzene rings is 1. The summed E-state index contributed by atoms with van der Waals surface area (Å²) < 4.78 is 10.8. The lowest BCUT2D eigenvalue weighted by Gasteiger charge is -2.11. The summed E-state index contributed by atoms with van der Waals surface area (Å²) in [7, 11) is 0. The number of thiazole rings is 1. The van der Waals surface area contributed by atoms with Crippen LogP contribution in [0.5, 0.6) is 5.75 Å². The van der Waals surface area contributed by atoms with Crippen molar-refractivity contribution in [3.05, 3.63) is 45.9 Å². The zero-order valence-corrected chi connectivity index (χ0v) is 16.1. The molecular weight excluding hydrogens is 352 g/mol. The summed E-state index contributed by atoms with van der Waals surface area (Å²) in [5.41, 5.74) is 1.09. The Bertz CT molecular complexity index is 743. The van der Waals surface area contributed by atoms with Crippen molar-refractivity contribution in [3.8, 4) is 5.75 Å². The van der Waals surface area contributed by atoms with Gasteiger partial charge in [0.25, 0.3) is 5.91 Å². The van der Waals surface area contributed by atoms with Crippen molar-refractivity contribution in [3.63, 3.8) is 0 Å². The summed E-state index contributed by atoms with van der Waals surface area (Å²) in [4.78, 5) is 28.3. The molecule has 0 fully saturated rings. The van der Waals surface area contributed by atoms with Crippen molar-refractivity contribution in [2.45, 2.75) is 33.8 Å². The Balaban J connectivity index is 1.87. The highest BCUT2D eigenvalue weighted by Gasteiger charge is 2.15. The molecule has 0 atom stereocenters. The number of aromatic nitrogens is 1. The smallest absolute Gasteiger partial charge is 0.342 e. The van der Waals surface area contributed by atoms with E-state index in [9.17, 15) is 9.59 Å². The first kappa shape index (κ1) is 19.9. The van der Waals surface area contributed by atoms with E-state index >= 15 is 0 Å². The lowest BCUT2D eigenvalue weighted by Crippen LogP contribution is -2.30. The van der Waals surface area contributed by atoms with Crippen molar-refractivity contribution in [2.75, 3.05) is 13.2 Å². The number of para-hydroxylation sites is 1. The van der Waals surface area contributed by atoms with Crippen molar-refractivity contribution in [1.29, 1.82) is 0 Å². The molecule has 2 aromatic rings. The van der Waals surface area contributed by atoms with E-state index in [2.05, 4.69) is 24.1 Å². The molecule has 1 N–H and O–H groups in total. The highest BCUT2D eigenvalue weighted by molar-refractivity contribution is 7.09. The number of nitrogens with one attached hydrogen (secondary N) is 1. The Morgan fingerprint density at radius 3 is 2.73 bits per heavy atom. The number of rotatable bonds is 9. The third kappa shape index (κ3) is 6.48. The van der Waals surface area contributed by atoms with Crippen LogP contribution in [-0.4, -0.2) is 30.0 Å². The van der Waals surface area contributed by atoms with Gasteiger partial charge in [-0.25, -0.2) is 9.78 Å². The second-order valence-corrected chi connectivity index (χ2v) is 7.31. The summed E-state index contributed by atoms with van der Waals surface area (Å²) in [5.74, 6) is 0.0103. The number of esters is 1. The summed E-state index contributed by atoms with van der Waals surface area (Å²) in [6.07, 6.45) is 0.881. The van der Waals surface area contributed by atoms with Gasteiger partial charge in [-0.05, 0) is 31.4 Å². The zero-order valence-electron chi connectivity index (χ0n) is 15.3. The predicted octanol–water partition coefficient (Wildman–Crippen LogP) is 3.35. The largest absolute Gasteiger partial charge is 0.486 e. The van der Waals surface area contributed by atoms with Crippen molar-refractivity contribution in [2.24, 2.45) is 5.92 Å². The van der Waals surface area contributed by atoms with Crippen LogP contribution in [0.2, 0.25) is 0 Å². The molecule has 2 rings (SSSR count). The van der Waals surface area contributed by atoms with Crippen LogP contribution in [0.3, 0.4) is 0 Å². The van der Waals surface area contributed by atoms with Gasteiger partial charge < -0.3 is 14.8 Å². The summed E-state index contributed by atoms with van der Waals surface area (Å²) >= 11 is 1.54. The third-order valence-corrected chi connectivity index (χ3v) is 4.35. The van der Waals surface area contributed by atoms with E-state index in [0.29, 0.717) is 18.2 Å². The first-order valence-electron chi connectivity index (χ1n) is 8.52. The van der Waals surface area contributed by atoms with Gasteiger partial charge in [0.15, 0.2) is 6.61 Å². The molecule has 0 aliphatic heterocycles. The van der Waals surface area contributed by atoms with E-state index in [0.717, 1.165) is 17.1 Å². The van der Waals surface area contributed by atoms with Crippen LogP contribution in [0, 0.1) is 12.8 Å².